The number of aliphatic imine (C=N–C) groups is 1. The third-order valence-corrected chi connectivity index (χ3v) is 5.17. The summed E-state index contributed by atoms with van der Waals surface area (Å²) in [4.78, 5) is 6.89. The molecule has 25 heavy (non-hydrogen) atoms. The first-order valence-corrected chi connectivity index (χ1v) is 9.35. The minimum Gasteiger partial charge on any atom is -0.356 e. The molecule has 1 aromatic rings. The second-order valence-corrected chi connectivity index (χ2v) is 6.95. The van der Waals surface area contributed by atoms with Crippen molar-refractivity contribution in [3.63, 3.8) is 0 Å². The zero-order chi connectivity index (χ0) is 17.4. The maximum atomic E-state index is 4.34. The summed E-state index contributed by atoms with van der Waals surface area (Å²) >= 11 is 0. The standard InChI is InChI=1S/C20H34N4.HI/c1-5-24-12-9-18(10-13-24)8-11-22-20(21-4)23-15-19-7-6-16(2)14-17(19)3;/h6-7,14,18H,5,8-13,15H2,1-4H3,(H2,21,22,23);1H. The number of likely N-dealkylation sites (tertiary alicyclic amines) is 1. The molecule has 2 rings (SSSR count). The smallest absolute Gasteiger partial charge is 0.191 e. The maximum Gasteiger partial charge on any atom is 0.191 e. The topological polar surface area (TPSA) is 39.7 Å². The van der Waals surface area contributed by atoms with E-state index in [1.54, 1.807) is 0 Å². The molecule has 1 aromatic carbocycles. The van der Waals surface area contributed by atoms with Crippen LogP contribution in [-0.2, 0) is 6.54 Å². The SMILES string of the molecule is CCN1CCC(CCNC(=NC)NCc2ccc(C)cc2C)CC1.I. The van der Waals surface area contributed by atoms with Crippen molar-refractivity contribution in [2.24, 2.45) is 10.9 Å². The molecule has 0 aliphatic carbocycles. The zero-order valence-electron chi connectivity index (χ0n) is 16.3. The fourth-order valence-electron chi connectivity index (χ4n) is 3.43. The summed E-state index contributed by atoms with van der Waals surface area (Å²) in [5, 5.41) is 6.90. The molecule has 0 atom stereocenters. The van der Waals surface area contributed by atoms with Crippen molar-refractivity contribution < 1.29 is 0 Å². The molecule has 142 valence electrons. The first-order valence-electron chi connectivity index (χ1n) is 9.35. The van der Waals surface area contributed by atoms with Gasteiger partial charge in [0, 0.05) is 20.1 Å². The number of nitrogens with one attached hydrogen (secondary N) is 2. The number of halogens is 1. The summed E-state index contributed by atoms with van der Waals surface area (Å²) in [6.45, 7) is 12.1. The van der Waals surface area contributed by atoms with Crippen LogP contribution >= 0.6 is 24.0 Å². The zero-order valence-corrected chi connectivity index (χ0v) is 18.6. The minimum atomic E-state index is 0. The van der Waals surface area contributed by atoms with Gasteiger partial charge in [0.05, 0.1) is 0 Å². The molecule has 0 spiro atoms. The Kier molecular flexibility index (Phi) is 10.4. The largest absolute Gasteiger partial charge is 0.356 e. The lowest BCUT2D eigenvalue weighted by Gasteiger charge is -2.31. The Morgan fingerprint density at radius 2 is 1.92 bits per heavy atom. The number of aryl methyl sites for hydroxylation is 2. The summed E-state index contributed by atoms with van der Waals surface area (Å²) in [5.74, 6) is 1.76. The summed E-state index contributed by atoms with van der Waals surface area (Å²) in [6, 6.07) is 6.60. The number of hydrogen-bond donors (Lipinski definition) is 2. The highest BCUT2D eigenvalue weighted by Crippen LogP contribution is 2.19. The summed E-state index contributed by atoms with van der Waals surface area (Å²) in [5.41, 5.74) is 3.98. The van der Waals surface area contributed by atoms with Gasteiger partial charge in [-0.3, -0.25) is 4.99 Å². The van der Waals surface area contributed by atoms with Gasteiger partial charge >= 0.3 is 0 Å². The molecule has 5 heteroatoms. The number of nitrogens with zero attached hydrogens (tertiary/aromatic N) is 2. The molecular formula is C20H35IN4. The number of piperidine rings is 1. The van der Waals surface area contributed by atoms with Crippen molar-refractivity contribution in [2.45, 2.75) is 46.6 Å². The van der Waals surface area contributed by atoms with E-state index in [0.29, 0.717) is 0 Å². The van der Waals surface area contributed by atoms with Crippen molar-refractivity contribution >= 4 is 29.9 Å². The monoisotopic (exact) mass is 458 g/mol. The third-order valence-electron chi connectivity index (χ3n) is 5.17. The lowest BCUT2D eigenvalue weighted by Crippen LogP contribution is -2.39. The van der Waals surface area contributed by atoms with Gasteiger partial charge in [-0.25, -0.2) is 0 Å². The normalized spacial score (nSPS) is 16.4. The first kappa shape index (κ1) is 22.2. The molecule has 1 saturated heterocycles. The lowest BCUT2D eigenvalue weighted by molar-refractivity contribution is 0.187. The average Bonchev–Trinajstić information content (AvgIpc) is 2.59. The summed E-state index contributed by atoms with van der Waals surface area (Å²) in [7, 11) is 1.84. The van der Waals surface area contributed by atoms with E-state index in [9.17, 15) is 0 Å². The van der Waals surface area contributed by atoms with Crippen LogP contribution in [0.15, 0.2) is 23.2 Å². The van der Waals surface area contributed by atoms with Gasteiger partial charge in [0.1, 0.15) is 0 Å². The molecule has 1 heterocycles. The molecule has 4 nitrogen and oxygen atoms in total. The van der Waals surface area contributed by atoms with Gasteiger partial charge in [-0.1, -0.05) is 30.7 Å². The Labute approximate surface area is 170 Å². The van der Waals surface area contributed by atoms with Gasteiger partial charge in [0.25, 0.3) is 0 Å². The molecule has 1 aliphatic heterocycles. The van der Waals surface area contributed by atoms with E-state index in [4.69, 9.17) is 0 Å². The number of rotatable bonds is 6. The van der Waals surface area contributed by atoms with Gasteiger partial charge in [-0.2, -0.15) is 0 Å². The van der Waals surface area contributed by atoms with Gasteiger partial charge in [-0.15, -0.1) is 24.0 Å². The van der Waals surface area contributed by atoms with Crippen LogP contribution in [-0.4, -0.2) is 44.1 Å². The van der Waals surface area contributed by atoms with E-state index in [1.807, 2.05) is 7.05 Å². The van der Waals surface area contributed by atoms with Crippen LogP contribution in [0.2, 0.25) is 0 Å². The average molecular weight is 458 g/mol. The predicted molar refractivity (Wildman–Crippen MR) is 119 cm³/mol. The minimum absolute atomic E-state index is 0. The molecule has 0 bridgehead atoms. The van der Waals surface area contributed by atoms with Crippen LogP contribution in [0.5, 0.6) is 0 Å². The van der Waals surface area contributed by atoms with E-state index in [2.05, 4.69) is 59.5 Å². The van der Waals surface area contributed by atoms with Crippen LogP contribution in [0.1, 0.15) is 42.9 Å². The highest BCUT2D eigenvalue weighted by Gasteiger charge is 2.17. The maximum absolute atomic E-state index is 4.34. The highest BCUT2D eigenvalue weighted by atomic mass is 127. The quantitative estimate of drug-likeness (QED) is 0.388. The molecule has 0 unspecified atom stereocenters. The Morgan fingerprint density at radius 3 is 2.52 bits per heavy atom. The van der Waals surface area contributed by atoms with Gasteiger partial charge in [-0.05, 0) is 69.8 Å². The summed E-state index contributed by atoms with van der Waals surface area (Å²) in [6.07, 6.45) is 3.91. The van der Waals surface area contributed by atoms with Crippen molar-refractivity contribution in [1.82, 2.24) is 15.5 Å². The van der Waals surface area contributed by atoms with Crippen molar-refractivity contribution in [3.8, 4) is 0 Å². The molecule has 1 fully saturated rings. The predicted octanol–water partition coefficient (Wildman–Crippen LogP) is 3.71. The highest BCUT2D eigenvalue weighted by molar-refractivity contribution is 14.0. The molecule has 1 aliphatic rings. The molecule has 0 saturated carbocycles. The third kappa shape index (κ3) is 7.52. The first-order chi connectivity index (χ1) is 11.6. The Morgan fingerprint density at radius 1 is 1.20 bits per heavy atom. The van der Waals surface area contributed by atoms with Gasteiger partial charge < -0.3 is 15.5 Å². The summed E-state index contributed by atoms with van der Waals surface area (Å²) < 4.78 is 0. The molecule has 0 radical (unpaired) electrons. The van der Waals surface area contributed by atoms with Crippen LogP contribution in [0.3, 0.4) is 0 Å². The van der Waals surface area contributed by atoms with E-state index in [0.717, 1.165) is 25.0 Å². The van der Waals surface area contributed by atoms with E-state index >= 15 is 0 Å². The van der Waals surface area contributed by atoms with Crippen LogP contribution in [0.4, 0.5) is 0 Å². The van der Waals surface area contributed by atoms with Crippen molar-refractivity contribution in [2.75, 3.05) is 33.2 Å². The lowest BCUT2D eigenvalue weighted by atomic mass is 9.93. The van der Waals surface area contributed by atoms with Crippen LogP contribution in [0.25, 0.3) is 0 Å². The molecular weight excluding hydrogens is 423 g/mol. The second kappa shape index (κ2) is 11.7. The molecule has 2 N–H and O–H groups in total. The number of benzene rings is 1. The Hall–Kier alpha value is -0.820. The Bertz CT molecular complexity index is 536. The fourth-order valence-corrected chi connectivity index (χ4v) is 3.43. The fraction of sp³-hybridized carbons (Fsp3) is 0.650. The van der Waals surface area contributed by atoms with E-state index < -0.39 is 0 Å². The Balaban J connectivity index is 0.00000312. The van der Waals surface area contributed by atoms with Gasteiger partial charge in [0.15, 0.2) is 5.96 Å². The van der Waals surface area contributed by atoms with E-state index in [1.165, 1.54) is 55.6 Å². The van der Waals surface area contributed by atoms with Crippen LogP contribution in [0, 0.1) is 19.8 Å². The van der Waals surface area contributed by atoms with E-state index in [-0.39, 0.29) is 24.0 Å². The van der Waals surface area contributed by atoms with Crippen LogP contribution < -0.4 is 10.6 Å². The second-order valence-electron chi connectivity index (χ2n) is 6.95. The number of guanidine groups is 1. The van der Waals surface area contributed by atoms with Gasteiger partial charge in [0.2, 0.25) is 0 Å². The number of hydrogen-bond acceptors (Lipinski definition) is 2. The van der Waals surface area contributed by atoms with Crippen molar-refractivity contribution in [1.29, 1.82) is 0 Å². The molecule has 0 amide bonds. The molecule has 0 aromatic heterocycles. The van der Waals surface area contributed by atoms with Crippen molar-refractivity contribution in [3.05, 3.63) is 34.9 Å².